The molecule has 0 radical (unpaired) electrons. The molecule has 3 heteroatoms. The summed E-state index contributed by atoms with van der Waals surface area (Å²) in [6.07, 6.45) is 5.03. The maximum atomic E-state index is 9.04. The van der Waals surface area contributed by atoms with Crippen LogP contribution in [-0.4, -0.2) is 24.9 Å². The summed E-state index contributed by atoms with van der Waals surface area (Å²) in [4.78, 5) is 0. The van der Waals surface area contributed by atoms with E-state index in [4.69, 9.17) is 14.6 Å². The Morgan fingerprint density at radius 2 is 1.35 bits per heavy atom. The van der Waals surface area contributed by atoms with E-state index in [1.807, 2.05) is 13.8 Å². The summed E-state index contributed by atoms with van der Waals surface area (Å²) in [5, 5.41) is 9.04. The van der Waals surface area contributed by atoms with Crippen LogP contribution in [0, 0.1) is 10.8 Å². The van der Waals surface area contributed by atoms with Crippen molar-refractivity contribution in [1.82, 2.24) is 0 Å². The van der Waals surface area contributed by atoms with Gasteiger partial charge in [0.15, 0.2) is 0 Å². The zero-order valence-electron chi connectivity index (χ0n) is 12.0. The van der Waals surface area contributed by atoms with Crippen molar-refractivity contribution in [3.63, 3.8) is 0 Å². The molecule has 0 aliphatic heterocycles. The molecule has 0 aromatic heterocycles. The molecular weight excluding hydrogens is 216 g/mol. The van der Waals surface area contributed by atoms with Gasteiger partial charge in [0.25, 0.3) is 0 Å². The van der Waals surface area contributed by atoms with E-state index in [0.717, 1.165) is 12.8 Å². The van der Waals surface area contributed by atoms with Gasteiger partial charge in [0, 0.05) is 6.61 Å². The Hall–Kier alpha value is -0.700. The average Bonchev–Trinajstić information content (AvgIpc) is 2.20. The van der Waals surface area contributed by atoms with Crippen LogP contribution in [-0.2, 0) is 9.47 Å². The van der Waals surface area contributed by atoms with Gasteiger partial charge in [-0.25, -0.2) is 0 Å². The second kappa shape index (κ2) is 7.59. The SMILES string of the molecule is CC(C)(C)CCOC=COCCC(C)(C)CO. The van der Waals surface area contributed by atoms with Crippen molar-refractivity contribution in [3.8, 4) is 0 Å². The Morgan fingerprint density at radius 3 is 1.76 bits per heavy atom. The third kappa shape index (κ3) is 11.6. The van der Waals surface area contributed by atoms with Gasteiger partial charge in [-0.3, -0.25) is 0 Å². The summed E-state index contributed by atoms with van der Waals surface area (Å²) in [5.74, 6) is 0. The Labute approximate surface area is 106 Å². The molecule has 0 rings (SSSR count). The van der Waals surface area contributed by atoms with Crippen molar-refractivity contribution in [2.24, 2.45) is 10.8 Å². The third-order valence-electron chi connectivity index (χ3n) is 2.54. The molecule has 0 aromatic carbocycles. The Balaban J connectivity index is 3.44. The van der Waals surface area contributed by atoms with Crippen LogP contribution in [0.3, 0.4) is 0 Å². The predicted octanol–water partition coefficient (Wildman–Crippen LogP) is 3.34. The van der Waals surface area contributed by atoms with Crippen LogP contribution in [0.5, 0.6) is 0 Å². The normalized spacial score (nSPS) is 13.1. The smallest absolute Gasteiger partial charge is 0.117 e. The minimum atomic E-state index is -0.0685. The van der Waals surface area contributed by atoms with Gasteiger partial charge in [0.1, 0.15) is 12.5 Å². The monoisotopic (exact) mass is 244 g/mol. The van der Waals surface area contributed by atoms with Gasteiger partial charge in [0.05, 0.1) is 13.2 Å². The molecule has 0 bridgehead atoms. The molecule has 0 aliphatic rings. The second-order valence-electron chi connectivity index (χ2n) is 6.40. The Kier molecular flexibility index (Phi) is 7.28. The zero-order chi connectivity index (χ0) is 13.4. The highest BCUT2D eigenvalue weighted by Crippen LogP contribution is 2.19. The van der Waals surface area contributed by atoms with Crippen molar-refractivity contribution < 1.29 is 14.6 Å². The molecular formula is C14H28O3. The second-order valence-corrected chi connectivity index (χ2v) is 6.40. The first-order valence-corrected chi connectivity index (χ1v) is 6.26. The lowest BCUT2D eigenvalue weighted by atomic mass is 9.91. The summed E-state index contributed by atoms with van der Waals surface area (Å²) in [7, 11) is 0. The van der Waals surface area contributed by atoms with Crippen LogP contribution in [0.25, 0.3) is 0 Å². The van der Waals surface area contributed by atoms with Crippen LogP contribution in [0.15, 0.2) is 12.5 Å². The van der Waals surface area contributed by atoms with Crippen LogP contribution in [0.1, 0.15) is 47.5 Å². The largest absolute Gasteiger partial charge is 0.498 e. The van der Waals surface area contributed by atoms with Gasteiger partial charge < -0.3 is 14.6 Å². The fourth-order valence-corrected chi connectivity index (χ4v) is 0.994. The van der Waals surface area contributed by atoms with Crippen LogP contribution in [0.4, 0.5) is 0 Å². The average molecular weight is 244 g/mol. The Bertz CT molecular complexity index is 214. The van der Waals surface area contributed by atoms with E-state index in [1.165, 1.54) is 0 Å². The number of aliphatic hydroxyl groups excluding tert-OH is 1. The quantitative estimate of drug-likeness (QED) is 0.526. The lowest BCUT2D eigenvalue weighted by Crippen LogP contribution is -2.18. The van der Waals surface area contributed by atoms with Crippen molar-refractivity contribution in [1.29, 1.82) is 0 Å². The van der Waals surface area contributed by atoms with Gasteiger partial charge in [-0.2, -0.15) is 0 Å². The molecule has 0 spiro atoms. The molecule has 0 heterocycles. The summed E-state index contributed by atoms with van der Waals surface area (Å²) in [5.41, 5.74) is 0.237. The van der Waals surface area contributed by atoms with E-state index < -0.39 is 0 Å². The highest BCUT2D eigenvalue weighted by molar-refractivity contribution is 4.68. The van der Waals surface area contributed by atoms with Crippen LogP contribution < -0.4 is 0 Å². The van der Waals surface area contributed by atoms with Crippen molar-refractivity contribution in [2.45, 2.75) is 47.5 Å². The van der Waals surface area contributed by atoms with E-state index >= 15 is 0 Å². The molecule has 0 aliphatic carbocycles. The van der Waals surface area contributed by atoms with E-state index in [0.29, 0.717) is 18.6 Å². The number of rotatable bonds is 8. The molecule has 1 N–H and O–H groups in total. The summed E-state index contributed by atoms with van der Waals surface area (Å²) in [6, 6.07) is 0. The van der Waals surface area contributed by atoms with Crippen molar-refractivity contribution >= 4 is 0 Å². The zero-order valence-corrected chi connectivity index (χ0v) is 12.0. The van der Waals surface area contributed by atoms with E-state index in [2.05, 4.69) is 20.8 Å². The minimum absolute atomic E-state index is 0.0685. The lowest BCUT2D eigenvalue weighted by Gasteiger charge is -2.20. The fourth-order valence-electron chi connectivity index (χ4n) is 0.994. The molecule has 0 saturated carbocycles. The van der Waals surface area contributed by atoms with Crippen LogP contribution in [0.2, 0.25) is 0 Å². The molecule has 17 heavy (non-hydrogen) atoms. The maximum Gasteiger partial charge on any atom is 0.117 e. The lowest BCUT2D eigenvalue weighted by molar-refractivity contribution is 0.111. The molecule has 3 nitrogen and oxygen atoms in total. The molecule has 0 saturated heterocycles. The van der Waals surface area contributed by atoms with Gasteiger partial charge in [-0.1, -0.05) is 34.6 Å². The summed E-state index contributed by atoms with van der Waals surface area (Å²) < 4.78 is 10.6. The highest BCUT2D eigenvalue weighted by Gasteiger charge is 2.15. The van der Waals surface area contributed by atoms with Gasteiger partial charge >= 0.3 is 0 Å². The van der Waals surface area contributed by atoms with Gasteiger partial charge in [-0.15, -0.1) is 0 Å². The maximum absolute atomic E-state index is 9.04. The molecule has 0 fully saturated rings. The van der Waals surface area contributed by atoms with E-state index in [9.17, 15) is 0 Å². The minimum Gasteiger partial charge on any atom is -0.498 e. The summed E-state index contributed by atoms with van der Waals surface area (Å²) >= 11 is 0. The Morgan fingerprint density at radius 1 is 0.882 bits per heavy atom. The van der Waals surface area contributed by atoms with Gasteiger partial charge in [-0.05, 0) is 23.7 Å². The predicted molar refractivity (Wildman–Crippen MR) is 70.6 cm³/mol. The number of ether oxygens (including phenoxy) is 2. The van der Waals surface area contributed by atoms with Gasteiger partial charge in [0.2, 0.25) is 0 Å². The van der Waals surface area contributed by atoms with E-state index in [-0.39, 0.29) is 12.0 Å². The first kappa shape index (κ1) is 16.3. The molecule has 102 valence electrons. The fraction of sp³-hybridized carbons (Fsp3) is 0.857. The first-order valence-electron chi connectivity index (χ1n) is 6.26. The standard InChI is InChI=1S/C14H28O3/c1-13(2,3)6-8-16-10-11-17-9-7-14(4,5)12-15/h10-11,15H,6-9,12H2,1-5H3. The molecule has 0 aromatic rings. The molecule has 0 atom stereocenters. The summed E-state index contributed by atoms with van der Waals surface area (Å²) in [6.45, 7) is 12.1. The highest BCUT2D eigenvalue weighted by atomic mass is 16.5. The van der Waals surface area contributed by atoms with Crippen molar-refractivity contribution in [3.05, 3.63) is 12.5 Å². The first-order chi connectivity index (χ1) is 7.77. The van der Waals surface area contributed by atoms with Crippen molar-refractivity contribution in [2.75, 3.05) is 19.8 Å². The molecule has 0 unspecified atom stereocenters. The van der Waals surface area contributed by atoms with E-state index in [1.54, 1.807) is 12.5 Å². The molecule has 0 amide bonds. The number of hydrogen-bond acceptors (Lipinski definition) is 3. The third-order valence-corrected chi connectivity index (χ3v) is 2.54. The van der Waals surface area contributed by atoms with Crippen LogP contribution >= 0.6 is 0 Å². The number of hydrogen-bond donors (Lipinski definition) is 1. The topological polar surface area (TPSA) is 38.7 Å². The number of aliphatic hydroxyl groups is 1.